The molecule has 170 valence electrons. The van der Waals surface area contributed by atoms with Crippen LogP contribution in [0.25, 0.3) is 0 Å². The summed E-state index contributed by atoms with van der Waals surface area (Å²) >= 11 is 6.27. The molecule has 2 N–H and O–H groups in total. The van der Waals surface area contributed by atoms with Gasteiger partial charge in [0, 0.05) is 31.6 Å². The maximum atomic E-state index is 13.4. The number of hydrogen-bond donors (Lipinski definition) is 1. The highest BCUT2D eigenvalue weighted by Crippen LogP contribution is 2.30. The number of primary amides is 1. The molecular formula is C23H26ClN3O4S. The second-order valence-corrected chi connectivity index (χ2v) is 10.6. The Morgan fingerprint density at radius 1 is 0.969 bits per heavy atom. The Labute approximate surface area is 193 Å². The maximum absolute atomic E-state index is 13.4. The molecule has 2 aliphatic heterocycles. The second kappa shape index (κ2) is 9.21. The van der Waals surface area contributed by atoms with Gasteiger partial charge < -0.3 is 10.6 Å². The lowest BCUT2D eigenvalue weighted by Gasteiger charge is -2.35. The van der Waals surface area contributed by atoms with Crippen LogP contribution in [0.5, 0.6) is 0 Å². The van der Waals surface area contributed by atoms with E-state index in [0.29, 0.717) is 19.5 Å². The number of sulfonamides is 1. The van der Waals surface area contributed by atoms with Gasteiger partial charge in [-0.25, -0.2) is 8.42 Å². The average Bonchev–Trinajstić information content (AvgIpc) is 3.08. The van der Waals surface area contributed by atoms with Crippen LogP contribution in [0.2, 0.25) is 5.02 Å². The van der Waals surface area contributed by atoms with Crippen molar-refractivity contribution in [1.29, 1.82) is 0 Å². The van der Waals surface area contributed by atoms with Crippen LogP contribution in [0, 0.1) is 0 Å². The smallest absolute Gasteiger partial charge is 0.254 e. The molecule has 2 aromatic rings. The highest BCUT2D eigenvalue weighted by molar-refractivity contribution is 7.89. The number of hydrogen-bond acceptors (Lipinski definition) is 4. The van der Waals surface area contributed by atoms with Gasteiger partial charge in [0.1, 0.15) is 10.9 Å². The molecule has 2 heterocycles. The molecule has 9 heteroatoms. The van der Waals surface area contributed by atoms with Crippen LogP contribution in [0.1, 0.15) is 47.2 Å². The van der Waals surface area contributed by atoms with Crippen molar-refractivity contribution in [3.8, 4) is 0 Å². The van der Waals surface area contributed by atoms with E-state index >= 15 is 0 Å². The number of carbonyl (C=O) groups excluding carboxylic acids is 2. The fourth-order valence-corrected chi connectivity index (χ4v) is 6.43. The number of nitrogens with two attached hydrogens (primary N) is 1. The Morgan fingerprint density at radius 2 is 1.62 bits per heavy atom. The van der Waals surface area contributed by atoms with Crippen molar-refractivity contribution in [3.63, 3.8) is 0 Å². The number of fused-ring (bicyclic) bond motifs is 1. The maximum Gasteiger partial charge on any atom is 0.254 e. The quantitative estimate of drug-likeness (QED) is 0.734. The summed E-state index contributed by atoms with van der Waals surface area (Å²) in [6.07, 6.45) is 3.89. The lowest BCUT2D eigenvalue weighted by Crippen LogP contribution is -2.51. The summed E-state index contributed by atoms with van der Waals surface area (Å²) in [5.74, 6) is -1.05. The Kier molecular flexibility index (Phi) is 6.55. The van der Waals surface area contributed by atoms with Gasteiger partial charge in [0.2, 0.25) is 15.9 Å². The molecule has 1 atom stereocenters. The van der Waals surface area contributed by atoms with E-state index in [1.165, 1.54) is 27.4 Å². The molecule has 1 saturated heterocycles. The molecule has 0 saturated carbocycles. The fourth-order valence-electron chi connectivity index (χ4n) is 4.41. The molecule has 2 aromatic carbocycles. The van der Waals surface area contributed by atoms with Gasteiger partial charge in [-0.1, -0.05) is 48.7 Å². The van der Waals surface area contributed by atoms with Crippen molar-refractivity contribution in [2.45, 2.75) is 49.6 Å². The van der Waals surface area contributed by atoms with Crippen molar-refractivity contribution < 1.29 is 18.0 Å². The normalized spacial score (nSPS) is 19.8. The largest absolute Gasteiger partial charge is 0.368 e. The second-order valence-electron chi connectivity index (χ2n) is 8.29. The third-order valence-electron chi connectivity index (χ3n) is 6.20. The summed E-state index contributed by atoms with van der Waals surface area (Å²) in [5.41, 5.74) is 7.68. The summed E-state index contributed by atoms with van der Waals surface area (Å²) in [5, 5.41) is 0.0706. The zero-order valence-corrected chi connectivity index (χ0v) is 19.2. The molecule has 0 bridgehead atoms. The topological polar surface area (TPSA) is 101 Å². The van der Waals surface area contributed by atoms with E-state index in [1.54, 1.807) is 0 Å². The number of nitrogens with zero attached hydrogens (tertiary/aromatic N) is 2. The van der Waals surface area contributed by atoms with Crippen molar-refractivity contribution in [2.75, 3.05) is 13.1 Å². The minimum atomic E-state index is -3.84. The molecular weight excluding hydrogens is 450 g/mol. The monoisotopic (exact) mass is 475 g/mol. The third-order valence-corrected chi connectivity index (χ3v) is 8.58. The van der Waals surface area contributed by atoms with Gasteiger partial charge in [-0.3, -0.25) is 9.59 Å². The van der Waals surface area contributed by atoms with E-state index in [9.17, 15) is 18.0 Å². The van der Waals surface area contributed by atoms with E-state index in [4.69, 9.17) is 17.3 Å². The summed E-state index contributed by atoms with van der Waals surface area (Å²) in [6, 6.07) is 11.0. The minimum Gasteiger partial charge on any atom is -0.368 e. The molecule has 32 heavy (non-hydrogen) atoms. The van der Waals surface area contributed by atoms with Gasteiger partial charge >= 0.3 is 0 Å². The fraction of sp³-hybridized carbons (Fsp3) is 0.391. The molecule has 0 radical (unpaired) electrons. The van der Waals surface area contributed by atoms with Crippen molar-refractivity contribution >= 4 is 33.4 Å². The average molecular weight is 476 g/mol. The molecule has 1 fully saturated rings. The van der Waals surface area contributed by atoms with E-state index in [1.807, 2.05) is 24.3 Å². The Balaban J connectivity index is 1.68. The van der Waals surface area contributed by atoms with Crippen LogP contribution in [0.4, 0.5) is 0 Å². The molecule has 0 aromatic heterocycles. The third kappa shape index (κ3) is 4.40. The van der Waals surface area contributed by atoms with Gasteiger partial charge in [0.05, 0.1) is 5.02 Å². The summed E-state index contributed by atoms with van der Waals surface area (Å²) < 4.78 is 28.0. The zero-order valence-electron chi connectivity index (χ0n) is 17.7. The first kappa shape index (κ1) is 22.8. The van der Waals surface area contributed by atoms with Gasteiger partial charge in [0.15, 0.2) is 0 Å². The van der Waals surface area contributed by atoms with Gasteiger partial charge in [-0.05, 0) is 42.2 Å². The molecule has 7 nitrogen and oxygen atoms in total. The minimum absolute atomic E-state index is 0.0706. The van der Waals surface area contributed by atoms with E-state index < -0.39 is 27.9 Å². The van der Waals surface area contributed by atoms with Crippen LogP contribution in [-0.2, 0) is 27.8 Å². The summed E-state index contributed by atoms with van der Waals surface area (Å²) in [4.78, 5) is 26.9. The molecule has 2 amide bonds. The highest BCUT2D eigenvalue weighted by Gasteiger charge is 2.35. The van der Waals surface area contributed by atoms with E-state index in [-0.39, 0.29) is 22.0 Å². The van der Waals surface area contributed by atoms with Gasteiger partial charge in [-0.2, -0.15) is 4.31 Å². The van der Waals surface area contributed by atoms with E-state index in [2.05, 4.69) is 0 Å². The molecule has 0 aliphatic carbocycles. The number of amides is 2. The predicted molar refractivity (Wildman–Crippen MR) is 122 cm³/mol. The van der Waals surface area contributed by atoms with Crippen molar-refractivity contribution in [3.05, 3.63) is 64.2 Å². The molecule has 4 rings (SSSR count). The highest BCUT2D eigenvalue weighted by atomic mass is 35.5. The molecule has 1 unspecified atom stereocenters. The number of rotatable bonds is 4. The zero-order chi connectivity index (χ0) is 22.9. The van der Waals surface area contributed by atoms with Gasteiger partial charge in [0.25, 0.3) is 5.91 Å². The lowest BCUT2D eigenvalue weighted by atomic mass is 9.93. The van der Waals surface area contributed by atoms with Gasteiger partial charge in [-0.15, -0.1) is 0 Å². The molecule has 2 aliphatic rings. The first-order valence-electron chi connectivity index (χ1n) is 10.8. The summed E-state index contributed by atoms with van der Waals surface area (Å²) in [6.45, 7) is 1.09. The Morgan fingerprint density at radius 3 is 2.28 bits per heavy atom. The van der Waals surface area contributed by atoms with Crippen LogP contribution in [-0.4, -0.2) is 48.6 Å². The van der Waals surface area contributed by atoms with Crippen molar-refractivity contribution in [1.82, 2.24) is 9.21 Å². The SMILES string of the molecule is NC(=O)C1Cc2ccccc2CN1C(=O)c1ccc(Cl)c(S(=O)(=O)N2CCCCCC2)c1. The molecule has 0 spiro atoms. The first-order valence-corrected chi connectivity index (χ1v) is 12.6. The van der Waals surface area contributed by atoms with Crippen LogP contribution >= 0.6 is 11.6 Å². The van der Waals surface area contributed by atoms with Crippen molar-refractivity contribution in [2.24, 2.45) is 5.73 Å². The Bertz CT molecular complexity index is 1140. The lowest BCUT2D eigenvalue weighted by molar-refractivity contribution is -0.122. The van der Waals surface area contributed by atoms with Crippen LogP contribution in [0.15, 0.2) is 47.4 Å². The predicted octanol–water partition coefficient (Wildman–Crippen LogP) is 2.96. The van der Waals surface area contributed by atoms with Crippen LogP contribution in [0.3, 0.4) is 0 Å². The standard InChI is InChI=1S/C23H26ClN3O4S/c24-19-10-9-17(14-21(19)32(30,31)26-11-5-1-2-6-12-26)23(29)27-15-18-8-4-3-7-16(18)13-20(27)22(25)28/h3-4,7-10,14,20H,1-2,5-6,11-13,15H2,(H2,25,28). The van der Waals surface area contributed by atoms with Crippen LogP contribution < -0.4 is 5.73 Å². The Hall–Kier alpha value is -2.42. The summed E-state index contributed by atoms with van der Waals surface area (Å²) in [7, 11) is -3.84. The first-order chi connectivity index (χ1) is 15.3. The van der Waals surface area contributed by atoms with E-state index in [0.717, 1.165) is 36.8 Å². The number of carbonyl (C=O) groups is 2. The number of benzene rings is 2. The number of halogens is 1.